The van der Waals surface area contributed by atoms with Crippen LogP contribution >= 0.6 is 23.4 Å². The molecule has 0 radical (unpaired) electrons. The lowest BCUT2D eigenvalue weighted by Gasteiger charge is -2.12. The normalized spacial score (nSPS) is 12.8. The number of hydrogen-bond acceptors (Lipinski definition) is 2. The minimum Gasteiger partial charge on any atom is -0.309 e. The first-order valence-corrected chi connectivity index (χ1v) is 6.88. The Kier molecular flexibility index (Phi) is 5.51. The Labute approximate surface area is 102 Å². The summed E-state index contributed by atoms with van der Waals surface area (Å²) in [6.07, 6.45) is 2.13. The van der Waals surface area contributed by atoms with E-state index in [4.69, 9.17) is 11.6 Å². The maximum Gasteiger partial charge on any atom is 0.0438 e. The van der Waals surface area contributed by atoms with Gasteiger partial charge in [-0.25, -0.2) is 0 Å². The Morgan fingerprint density at radius 3 is 2.80 bits per heavy atom. The lowest BCUT2D eigenvalue weighted by Crippen LogP contribution is -2.27. The average molecular weight is 244 g/mol. The minimum absolute atomic E-state index is 0.542. The summed E-state index contributed by atoms with van der Waals surface area (Å²) in [5.74, 6) is 1.14. The van der Waals surface area contributed by atoms with Gasteiger partial charge in [0.1, 0.15) is 0 Å². The zero-order valence-electron chi connectivity index (χ0n) is 9.51. The second-order valence-electron chi connectivity index (χ2n) is 3.82. The Bertz CT molecular complexity index is 314. The third kappa shape index (κ3) is 4.45. The number of thioether (sulfide) groups is 1. The summed E-state index contributed by atoms with van der Waals surface area (Å²) >= 11 is 7.92. The van der Waals surface area contributed by atoms with Crippen molar-refractivity contribution >= 4 is 23.4 Å². The number of aryl methyl sites for hydroxylation is 1. The van der Waals surface area contributed by atoms with E-state index in [0.29, 0.717) is 6.04 Å². The molecule has 0 aliphatic heterocycles. The van der Waals surface area contributed by atoms with Crippen LogP contribution in [0.25, 0.3) is 0 Å². The van der Waals surface area contributed by atoms with Crippen molar-refractivity contribution < 1.29 is 0 Å². The minimum atomic E-state index is 0.542. The molecule has 0 saturated carbocycles. The van der Waals surface area contributed by atoms with Gasteiger partial charge in [0, 0.05) is 23.4 Å². The third-order valence-electron chi connectivity index (χ3n) is 2.31. The van der Waals surface area contributed by atoms with Gasteiger partial charge < -0.3 is 5.32 Å². The molecule has 1 atom stereocenters. The fraction of sp³-hybridized carbons (Fsp3) is 0.500. The van der Waals surface area contributed by atoms with Crippen molar-refractivity contribution in [2.75, 3.05) is 12.0 Å². The largest absolute Gasteiger partial charge is 0.309 e. The highest BCUT2D eigenvalue weighted by Crippen LogP contribution is 2.16. The molecule has 1 unspecified atom stereocenters. The van der Waals surface area contributed by atoms with Gasteiger partial charge in [-0.2, -0.15) is 11.8 Å². The number of hydrogen-bond donors (Lipinski definition) is 1. The van der Waals surface area contributed by atoms with Crippen LogP contribution in [0.2, 0.25) is 5.02 Å². The summed E-state index contributed by atoms with van der Waals surface area (Å²) in [5.41, 5.74) is 2.39. The SMILES string of the molecule is CSCC(C)NCc1ccc(C)c(Cl)c1. The maximum absolute atomic E-state index is 6.06. The van der Waals surface area contributed by atoms with Crippen LogP contribution in [-0.4, -0.2) is 18.1 Å². The van der Waals surface area contributed by atoms with E-state index in [0.717, 1.165) is 22.9 Å². The smallest absolute Gasteiger partial charge is 0.0438 e. The molecule has 1 rings (SSSR count). The van der Waals surface area contributed by atoms with Gasteiger partial charge in [-0.3, -0.25) is 0 Å². The highest BCUT2D eigenvalue weighted by Gasteiger charge is 2.01. The molecule has 0 aromatic heterocycles. The highest BCUT2D eigenvalue weighted by molar-refractivity contribution is 7.98. The van der Waals surface area contributed by atoms with Gasteiger partial charge in [-0.15, -0.1) is 0 Å². The van der Waals surface area contributed by atoms with Crippen LogP contribution in [0, 0.1) is 6.92 Å². The zero-order valence-corrected chi connectivity index (χ0v) is 11.1. The molecule has 1 nitrogen and oxygen atoms in total. The molecule has 84 valence electrons. The molecule has 3 heteroatoms. The van der Waals surface area contributed by atoms with Crippen LogP contribution in [0.3, 0.4) is 0 Å². The Morgan fingerprint density at radius 2 is 2.20 bits per heavy atom. The van der Waals surface area contributed by atoms with Gasteiger partial charge in [-0.1, -0.05) is 23.7 Å². The van der Waals surface area contributed by atoms with E-state index >= 15 is 0 Å². The van der Waals surface area contributed by atoms with Crippen molar-refractivity contribution in [1.29, 1.82) is 0 Å². The summed E-state index contributed by atoms with van der Waals surface area (Å²) in [6, 6.07) is 6.77. The number of halogens is 1. The van der Waals surface area contributed by atoms with E-state index in [1.165, 1.54) is 5.56 Å². The van der Waals surface area contributed by atoms with Gasteiger partial charge in [0.15, 0.2) is 0 Å². The number of benzene rings is 1. The second-order valence-corrected chi connectivity index (χ2v) is 5.14. The van der Waals surface area contributed by atoms with Crippen LogP contribution in [0.15, 0.2) is 18.2 Å². The van der Waals surface area contributed by atoms with E-state index in [2.05, 4.69) is 30.6 Å². The first-order chi connectivity index (χ1) is 7.13. The number of nitrogens with one attached hydrogen (secondary N) is 1. The first kappa shape index (κ1) is 12.9. The molecule has 0 aliphatic rings. The monoisotopic (exact) mass is 243 g/mol. The lowest BCUT2D eigenvalue weighted by molar-refractivity contribution is 0.596. The summed E-state index contributed by atoms with van der Waals surface area (Å²) < 4.78 is 0. The van der Waals surface area contributed by atoms with Gasteiger partial charge in [0.25, 0.3) is 0 Å². The molecule has 0 aliphatic carbocycles. The molecular formula is C12H18ClNS. The van der Waals surface area contributed by atoms with Crippen LogP contribution in [0.5, 0.6) is 0 Å². The Balaban J connectivity index is 2.47. The maximum atomic E-state index is 6.06. The predicted molar refractivity (Wildman–Crippen MR) is 70.9 cm³/mol. The fourth-order valence-corrected chi connectivity index (χ4v) is 2.17. The second kappa shape index (κ2) is 6.41. The topological polar surface area (TPSA) is 12.0 Å². The molecule has 0 heterocycles. The molecule has 0 saturated heterocycles. The first-order valence-electron chi connectivity index (χ1n) is 5.11. The van der Waals surface area contributed by atoms with Crippen molar-refractivity contribution in [2.45, 2.75) is 26.4 Å². The van der Waals surface area contributed by atoms with Crippen LogP contribution in [0.4, 0.5) is 0 Å². The summed E-state index contributed by atoms with van der Waals surface area (Å²) in [5, 5.41) is 4.32. The molecule has 1 aromatic carbocycles. The summed E-state index contributed by atoms with van der Waals surface area (Å²) in [4.78, 5) is 0. The van der Waals surface area contributed by atoms with Crippen LogP contribution in [0.1, 0.15) is 18.1 Å². The highest BCUT2D eigenvalue weighted by atomic mass is 35.5. The van der Waals surface area contributed by atoms with Crippen molar-refractivity contribution in [3.8, 4) is 0 Å². The molecule has 15 heavy (non-hydrogen) atoms. The van der Waals surface area contributed by atoms with E-state index in [-0.39, 0.29) is 0 Å². The molecule has 0 bridgehead atoms. The van der Waals surface area contributed by atoms with Crippen LogP contribution in [-0.2, 0) is 6.54 Å². The average Bonchev–Trinajstić information content (AvgIpc) is 2.20. The third-order valence-corrected chi connectivity index (χ3v) is 3.55. The molecule has 0 fully saturated rings. The quantitative estimate of drug-likeness (QED) is 0.850. The number of rotatable bonds is 5. The summed E-state index contributed by atoms with van der Waals surface area (Å²) in [7, 11) is 0. The standard InChI is InChI=1S/C12H18ClNS/c1-9-4-5-11(6-12(9)13)7-14-10(2)8-15-3/h4-6,10,14H,7-8H2,1-3H3. The lowest BCUT2D eigenvalue weighted by atomic mass is 10.1. The van der Waals surface area contributed by atoms with E-state index in [9.17, 15) is 0 Å². The van der Waals surface area contributed by atoms with Crippen molar-refractivity contribution in [3.05, 3.63) is 34.3 Å². The van der Waals surface area contributed by atoms with Crippen molar-refractivity contribution in [2.24, 2.45) is 0 Å². The van der Waals surface area contributed by atoms with Gasteiger partial charge in [-0.05, 0) is 37.3 Å². The molecule has 0 amide bonds. The van der Waals surface area contributed by atoms with E-state index < -0.39 is 0 Å². The molecule has 1 aromatic rings. The summed E-state index contributed by atoms with van der Waals surface area (Å²) in [6.45, 7) is 5.11. The molecular weight excluding hydrogens is 226 g/mol. The van der Waals surface area contributed by atoms with Crippen molar-refractivity contribution in [1.82, 2.24) is 5.32 Å². The predicted octanol–water partition coefficient (Wildman–Crippen LogP) is 3.49. The fourth-order valence-electron chi connectivity index (χ4n) is 1.35. The van der Waals surface area contributed by atoms with Gasteiger partial charge in [0.05, 0.1) is 0 Å². The van der Waals surface area contributed by atoms with Gasteiger partial charge in [0.2, 0.25) is 0 Å². The Hall–Kier alpha value is -0.180. The molecule has 1 N–H and O–H groups in total. The van der Waals surface area contributed by atoms with Crippen LogP contribution < -0.4 is 5.32 Å². The molecule has 0 spiro atoms. The van der Waals surface area contributed by atoms with E-state index in [1.54, 1.807) is 0 Å². The van der Waals surface area contributed by atoms with Crippen molar-refractivity contribution in [3.63, 3.8) is 0 Å². The Morgan fingerprint density at radius 1 is 1.47 bits per heavy atom. The van der Waals surface area contributed by atoms with E-state index in [1.807, 2.05) is 24.8 Å². The van der Waals surface area contributed by atoms with Gasteiger partial charge >= 0.3 is 0 Å². The zero-order chi connectivity index (χ0) is 11.3.